The van der Waals surface area contributed by atoms with Crippen molar-refractivity contribution in [2.75, 3.05) is 13.7 Å². The summed E-state index contributed by atoms with van der Waals surface area (Å²) in [5, 5.41) is 10.6. The number of carboxylic acids is 1. The van der Waals surface area contributed by atoms with Gasteiger partial charge < -0.3 is 14.6 Å². The Kier molecular flexibility index (Phi) is 5.02. The molecule has 2 rings (SSSR count). The predicted octanol–water partition coefficient (Wildman–Crippen LogP) is 1.41. The van der Waals surface area contributed by atoms with Crippen LogP contribution in [0.25, 0.3) is 6.08 Å². The van der Waals surface area contributed by atoms with E-state index < -0.39 is 18.4 Å². The van der Waals surface area contributed by atoms with Crippen LogP contribution in [0.4, 0.5) is 0 Å². The Morgan fingerprint density at radius 3 is 2.86 bits per heavy atom. The van der Waals surface area contributed by atoms with Gasteiger partial charge in [0.05, 0.1) is 29.0 Å². The molecule has 0 radical (unpaired) electrons. The Hall–Kier alpha value is -1.38. The summed E-state index contributed by atoms with van der Waals surface area (Å²) in [5.41, 5.74) is 0.775. The normalized spacial score (nSPS) is 16.7. The fourth-order valence-electron chi connectivity index (χ4n) is 1.69. The van der Waals surface area contributed by atoms with E-state index in [1.165, 1.54) is 0 Å². The van der Waals surface area contributed by atoms with Crippen LogP contribution < -0.4 is 9.84 Å². The van der Waals surface area contributed by atoms with Crippen molar-refractivity contribution < 1.29 is 19.4 Å². The van der Waals surface area contributed by atoms with Crippen molar-refractivity contribution in [2.24, 2.45) is 0 Å². The number of hydrogen-bond donors (Lipinski definition) is 0. The number of thiocarbonyl (C=S) groups is 1. The summed E-state index contributed by atoms with van der Waals surface area (Å²) in [6, 6.07) is 5.34. The average molecular weight is 387 g/mol. The van der Waals surface area contributed by atoms with Gasteiger partial charge in [-0.25, -0.2) is 0 Å². The fourth-order valence-corrected chi connectivity index (χ4v) is 3.50. The summed E-state index contributed by atoms with van der Waals surface area (Å²) >= 11 is 9.43. The molecular weight excluding hydrogens is 378 g/mol. The molecule has 1 amide bonds. The molecule has 0 N–H and O–H groups in total. The molecule has 0 spiro atoms. The highest BCUT2D eigenvalue weighted by Crippen LogP contribution is 2.33. The number of carboxylic acid groups (broad SMARTS) is 1. The third-order valence-corrected chi connectivity index (χ3v) is 4.63. The minimum atomic E-state index is -1.35. The molecule has 0 bridgehead atoms. The highest BCUT2D eigenvalue weighted by Gasteiger charge is 2.31. The van der Waals surface area contributed by atoms with E-state index in [1.807, 2.05) is 0 Å². The minimum Gasteiger partial charge on any atom is -0.548 e. The molecule has 1 aromatic rings. The Labute approximate surface area is 139 Å². The largest absolute Gasteiger partial charge is 0.548 e. The van der Waals surface area contributed by atoms with E-state index in [-0.39, 0.29) is 4.32 Å². The number of halogens is 1. The number of amides is 1. The van der Waals surface area contributed by atoms with Gasteiger partial charge in [-0.3, -0.25) is 9.69 Å². The first-order valence-corrected chi connectivity index (χ1v) is 7.73. The lowest BCUT2D eigenvalue weighted by Crippen LogP contribution is -2.40. The number of thioether (sulfide) groups is 1. The van der Waals surface area contributed by atoms with E-state index >= 15 is 0 Å². The van der Waals surface area contributed by atoms with Gasteiger partial charge in [0.1, 0.15) is 10.1 Å². The molecule has 1 aliphatic rings. The molecule has 0 unspecified atom stereocenters. The summed E-state index contributed by atoms with van der Waals surface area (Å²) in [6.45, 7) is -0.533. The molecule has 1 aromatic carbocycles. The van der Waals surface area contributed by atoms with E-state index in [4.69, 9.17) is 17.0 Å². The number of methoxy groups -OCH3 is 1. The molecule has 1 fully saturated rings. The summed E-state index contributed by atoms with van der Waals surface area (Å²) in [5.74, 6) is -1.10. The Morgan fingerprint density at radius 2 is 2.29 bits per heavy atom. The smallest absolute Gasteiger partial charge is 0.266 e. The maximum absolute atomic E-state index is 12.1. The summed E-state index contributed by atoms with van der Waals surface area (Å²) in [6.07, 6.45) is 1.65. The van der Waals surface area contributed by atoms with Crippen LogP contribution in [-0.2, 0) is 9.59 Å². The monoisotopic (exact) mass is 386 g/mol. The Morgan fingerprint density at radius 1 is 1.57 bits per heavy atom. The molecule has 1 aliphatic heterocycles. The van der Waals surface area contributed by atoms with Crippen LogP contribution in [0.2, 0.25) is 0 Å². The van der Waals surface area contributed by atoms with Crippen LogP contribution >= 0.6 is 39.9 Å². The molecule has 0 saturated carbocycles. The number of hydrogen-bond acceptors (Lipinski definition) is 6. The third kappa shape index (κ3) is 3.63. The van der Waals surface area contributed by atoms with Gasteiger partial charge in [-0.15, -0.1) is 0 Å². The molecule has 5 nitrogen and oxygen atoms in total. The van der Waals surface area contributed by atoms with Crippen molar-refractivity contribution in [3.63, 3.8) is 0 Å². The zero-order valence-corrected chi connectivity index (χ0v) is 14.0. The second-order valence-electron chi connectivity index (χ2n) is 4.03. The van der Waals surface area contributed by atoms with Crippen LogP contribution in [0.5, 0.6) is 5.75 Å². The van der Waals surface area contributed by atoms with Crippen LogP contribution in [0.15, 0.2) is 27.6 Å². The van der Waals surface area contributed by atoms with Crippen LogP contribution in [0.3, 0.4) is 0 Å². The zero-order chi connectivity index (χ0) is 15.6. The van der Waals surface area contributed by atoms with Crippen molar-refractivity contribution in [1.29, 1.82) is 0 Å². The van der Waals surface area contributed by atoms with Crippen LogP contribution in [-0.4, -0.2) is 34.8 Å². The maximum atomic E-state index is 12.1. The minimum absolute atomic E-state index is 0.211. The second kappa shape index (κ2) is 6.59. The van der Waals surface area contributed by atoms with E-state index in [0.29, 0.717) is 10.7 Å². The summed E-state index contributed by atoms with van der Waals surface area (Å²) < 4.78 is 6.09. The lowest BCUT2D eigenvalue weighted by molar-refractivity contribution is -0.305. The molecule has 0 aliphatic carbocycles. The van der Waals surface area contributed by atoms with E-state index in [0.717, 1.165) is 26.7 Å². The molecular formula is C13H9BrNO4S2-. The first-order valence-electron chi connectivity index (χ1n) is 5.71. The molecule has 1 saturated heterocycles. The third-order valence-electron chi connectivity index (χ3n) is 2.63. The number of nitrogens with zero attached hydrogens (tertiary/aromatic N) is 1. The van der Waals surface area contributed by atoms with Crippen molar-refractivity contribution in [3.05, 3.63) is 33.1 Å². The molecule has 0 atom stereocenters. The molecule has 110 valence electrons. The first kappa shape index (κ1) is 16.0. The van der Waals surface area contributed by atoms with Crippen molar-refractivity contribution >= 4 is 62.2 Å². The van der Waals surface area contributed by atoms with E-state index in [2.05, 4.69) is 15.9 Å². The standard InChI is InChI=1S/C13H10BrNO4S2/c1-19-9-3-2-7(4-8(9)14)5-10-12(18)15(6-11(16)17)13(20)21-10/h2-5H,6H2,1H3,(H,16,17)/p-1/b10-5-. The zero-order valence-electron chi connectivity index (χ0n) is 10.8. The average Bonchev–Trinajstić information content (AvgIpc) is 2.66. The predicted molar refractivity (Wildman–Crippen MR) is 85.6 cm³/mol. The maximum Gasteiger partial charge on any atom is 0.266 e. The van der Waals surface area contributed by atoms with Crippen molar-refractivity contribution in [2.45, 2.75) is 0 Å². The van der Waals surface area contributed by atoms with Crippen LogP contribution in [0.1, 0.15) is 5.56 Å². The summed E-state index contributed by atoms with van der Waals surface area (Å²) in [4.78, 5) is 24.1. The lowest BCUT2D eigenvalue weighted by atomic mass is 10.2. The topological polar surface area (TPSA) is 69.7 Å². The quantitative estimate of drug-likeness (QED) is 0.575. The molecule has 21 heavy (non-hydrogen) atoms. The number of ether oxygens (including phenoxy) is 1. The number of aliphatic carboxylic acids is 1. The van der Waals surface area contributed by atoms with Gasteiger partial charge in [-0.05, 0) is 39.7 Å². The van der Waals surface area contributed by atoms with E-state index in [9.17, 15) is 14.7 Å². The fraction of sp³-hybridized carbons (Fsp3) is 0.154. The number of carbonyl (C=O) groups excluding carboxylic acids is 2. The first-order chi connectivity index (χ1) is 9.92. The van der Waals surface area contributed by atoms with Gasteiger partial charge in [-0.2, -0.15) is 0 Å². The van der Waals surface area contributed by atoms with Crippen molar-refractivity contribution in [1.82, 2.24) is 4.90 Å². The Balaban J connectivity index is 2.26. The molecule has 1 heterocycles. The SMILES string of the molecule is COc1ccc(/C=C2\SC(=S)N(CC(=O)[O-])C2=O)cc1Br. The molecule has 8 heteroatoms. The second-order valence-corrected chi connectivity index (χ2v) is 6.56. The van der Waals surface area contributed by atoms with Crippen molar-refractivity contribution in [3.8, 4) is 5.75 Å². The van der Waals surface area contributed by atoms with Gasteiger partial charge in [0.25, 0.3) is 5.91 Å². The van der Waals surface area contributed by atoms with Gasteiger partial charge in [-0.1, -0.05) is 30.0 Å². The van der Waals surface area contributed by atoms with E-state index in [1.54, 1.807) is 31.4 Å². The summed E-state index contributed by atoms with van der Waals surface area (Å²) in [7, 11) is 1.56. The van der Waals surface area contributed by atoms with Gasteiger partial charge in [0.2, 0.25) is 0 Å². The number of benzene rings is 1. The highest BCUT2D eigenvalue weighted by atomic mass is 79.9. The van der Waals surface area contributed by atoms with Gasteiger partial charge in [0.15, 0.2) is 0 Å². The van der Waals surface area contributed by atoms with Gasteiger partial charge in [0, 0.05) is 0 Å². The number of rotatable bonds is 4. The Bertz CT molecular complexity index is 660. The van der Waals surface area contributed by atoms with Crippen LogP contribution in [0, 0.1) is 0 Å². The number of carbonyl (C=O) groups is 2. The lowest BCUT2D eigenvalue weighted by Gasteiger charge is -2.14. The van der Waals surface area contributed by atoms with Gasteiger partial charge >= 0.3 is 0 Å². The highest BCUT2D eigenvalue weighted by molar-refractivity contribution is 9.10. The molecule has 0 aromatic heterocycles.